The first-order valence-corrected chi connectivity index (χ1v) is 8.55. The van der Waals surface area contributed by atoms with Gasteiger partial charge >= 0.3 is 0 Å². The van der Waals surface area contributed by atoms with Crippen molar-refractivity contribution < 1.29 is 14.0 Å². The Morgan fingerprint density at radius 1 is 1.27 bits per heavy atom. The summed E-state index contributed by atoms with van der Waals surface area (Å²) in [5, 5.41) is 2.68. The molecule has 136 valence electrons. The molecule has 1 aliphatic heterocycles. The minimum atomic E-state index is -0.320. The predicted molar refractivity (Wildman–Crippen MR) is 93.7 cm³/mol. The smallest absolute Gasteiger partial charge is 0.257 e. The summed E-state index contributed by atoms with van der Waals surface area (Å²) in [6.07, 6.45) is 5.40. The Kier molecular flexibility index (Phi) is 5.25. The molecule has 2 heterocycles. The van der Waals surface area contributed by atoms with E-state index in [1.165, 1.54) is 30.9 Å². The van der Waals surface area contributed by atoms with E-state index in [9.17, 15) is 14.0 Å². The van der Waals surface area contributed by atoms with Crippen LogP contribution in [0.5, 0.6) is 0 Å². The van der Waals surface area contributed by atoms with Crippen molar-refractivity contribution in [1.82, 2.24) is 20.2 Å². The van der Waals surface area contributed by atoms with Crippen molar-refractivity contribution >= 4 is 11.8 Å². The van der Waals surface area contributed by atoms with E-state index in [4.69, 9.17) is 0 Å². The van der Waals surface area contributed by atoms with E-state index in [0.29, 0.717) is 24.9 Å². The number of hydrogen-bond acceptors (Lipinski definition) is 4. The number of amides is 2. The van der Waals surface area contributed by atoms with Crippen LogP contribution in [-0.2, 0) is 4.79 Å². The van der Waals surface area contributed by atoms with Crippen LogP contribution in [0.1, 0.15) is 40.4 Å². The fourth-order valence-corrected chi connectivity index (χ4v) is 3.53. The topological polar surface area (TPSA) is 75.2 Å². The van der Waals surface area contributed by atoms with Crippen molar-refractivity contribution in [2.24, 2.45) is 5.92 Å². The van der Waals surface area contributed by atoms with Gasteiger partial charge in [-0.2, -0.15) is 0 Å². The van der Waals surface area contributed by atoms with Gasteiger partial charge in [-0.25, -0.2) is 14.4 Å². The number of carbonyl (C=O) groups excluding carboxylic acids is 2. The molecule has 0 spiro atoms. The fraction of sp³-hybridized carbons (Fsp3) is 0.368. The molecule has 1 aliphatic rings. The normalized spacial score (nSPS) is 19.9. The highest BCUT2D eigenvalue weighted by Gasteiger charge is 2.36. The molecular weight excluding hydrogens is 335 g/mol. The van der Waals surface area contributed by atoms with Crippen LogP contribution in [0.25, 0.3) is 0 Å². The Balaban J connectivity index is 1.96. The molecule has 2 unspecified atom stereocenters. The summed E-state index contributed by atoms with van der Waals surface area (Å²) < 4.78 is 13.5. The highest BCUT2D eigenvalue weighted by molar-refractivity contribution is 5.94. The SMILES string of the molecule is CNC(=O)C1CCN(C(=O)c2cncnc2)C(c2ccc(F)cc2C)C1. The van der Waals surface area contributed by atoms with E-state index in [-0.39, 0.29) is 29.6 Å². The molecule has 1 fully saturated rings. The van der Waals surface area contributed by atoms with E-state index < -0.39 is 0 Å². The van der Waals surface area contributed by atoms with Crippen LogP contribution in [0.3, 0.4) is 0 Å². The van der Waals surface area contributed by atoms with E-state index >= 15 is 0 Å². The van der Waals surface area contributed by atoms with Gasteiger partial charge in [0.2, 0.25) is 5.91 Å². The minimum absolute atomic E-state index is 0.0371. The summed E-state index contributed by atoms with van der Waals surface area (Å²) in [5.41, 5.74) is 2.01. The highest BCUT2D eigenvalue weighted by atomic mass is 19.1. The van der Waals surface area contributed by atoms with Crippen molar-refractivity contribution in [3.63, 3.8) is 0 Å². The van der Waals surface area contributed by atoms with Crippen LogP contribution >= 0.6 is 0 Å². The van der Waals surface area contributed by atoms with Crippen molar-refractivity contribution in [3.8, 4) is 0 Å². The van der Waals surface area contributed by atoms with Gasteiger partial charge in [-0.1, -0.05) is 6.07 Å². The minimum Gasteiger partial charge on any atom is -0.359 e. The lowest BCUT2D eigenvalue weighted by Gasteiger charge is -2.39. The number of aryl methyl sites for hydroxylation is 1. The van der Waals surface area contributed by atoms with Gasteiger partial charge in [-0.15, -0.1) is 0 Å². The van der Waals surface area contributed by atoms with Gasteiger partial charge in [-0.05, 0) is 43.0 Å². The first kappa shape index (κ1) is 18.0. The standard InChI is InChI=1S/C19H21FN4O2/c1-12-7-15(20)3-4-16(12)17-8-13(18(25)21-2)5-6-24(17)19(26)14-9-22-11-23-10-14/h3-4,7,9-11,13,17H,5-6,8H2,1-2H3,(H,21,25). The Morgan fingerprint density at radius 2 is 2.00 bits per heavy atom. The zero-order valence-corrected chi connectivity index (χ0v) is 14.8. The van der Waals surface area contributed by atoms with Crippen LogP contribution in [0.15, 0.2) is 36.9 Å². The molecule has 0 bridgehead atoms. The maximum Gasteiger partial charge on any atom is 0.257 e. The van der Waals surface area contributed by atoms with Gasteiger partial charge in [0.25, 0.3) is 5.91 Å². The van der Waals surface area contributed by atoms with E-state index in [2.05, 4.69) is 15.3 Å². The van der Waals surface area contributed by atoms with Crippen LogP contribution < -0.4 is 5.32 Å². The summed E-state index contributed by atoms with van der Waals surface area (Å²) in [4.78, 5) is 34.7. The van der Waals surface area contributed by atoms with Crippen LogP contribution in [-0.4, -0.2) is 40.3 Å². The molecule has 0 saturated carbocycles. The molecular formula is C19H21FN4O2. The Bertz CT molecular complexity index is 812. The number of nitrogens with one attached hydrogen (secondary N) is 1. The number of rotatable bonds is 3. The molecule has 2 aromatic rings. The van der Waals surface area contributed by atoms with Crippen LogP contribution in [0.4, 0.5) is 4.39 Å². The molecule has 1 aromatic carbocycles. The molecule has 2 amide bonds. The van der Waals surface area contributed by atoms with Crippen molar-refractivity contribution in [2.75, 3.05) is 13.6 Å². The van der Waals surface area contributed by atoms with Gasteiger partial charge < -0.3 is 10.2 Å². The molecule has 2 atom stereocenters. The average Bonchev–Trinajstić information content (AvgIpc) is 2.67. The van der Waals surface area contributed by atoms with Crippen molar-refractivity contribution in [3.05, 3.63) is 59.4 Å². The lowest BCUT2D eigenvalue weighted by atomic mass is 9.84. The van der Waals surface area contributed by atoms with Gasteiger partial charge in [-0.3, -0.25) is 9.59 Å². The summed E-state index contributed by atoms with van der Waals surface area (Å²) in [5.74, 6) is -0.732. The number of halogens is 1. The monoisotopic (exact) mass is 356 g/mol. The second-order valence-corrected chi connectivity index (χ2v) is 6.48. The van der Waals surface area contributed by atoms with Gasteiger partial charge in [0.1, 0.15) is 12.1 Å². The number of likely N-dealkylation sites (tertiary alicyclic amines) is 1. The lowest BCUT2D eigenvalue weighted by Crippen LogP contribution is -2.44. The third-order valence-corrected chi connectivity index (χ3v) is 4.88. The van der Waals surface area contributed by atoms with Crippen LogP contribution in [0.2, 0.25) is 0 Å². The van der Waals surface area contributed by atoms with Gasteiger partial charge in [0.15, 0.2) is 0 Å². The van der Waals surface area contributed by atoms with Crippen LogP contribution in [0, 0.1) is 18.7 Å². The molecule has 7 heteroatoms. The summed E-state index contributed by atoms with van der Waals surface area (Å²) in [7, 11) is 1.61. The Labute approximate surface area is 151 Å². The number of carbonyl (C=O) groups is 2. The molecule has 6 nitrogen and oxygen atoms in total. The average molecular weight is 356 g/mol. The number of hydrogen-bond donors (Lipinski definition) is 1. The number of benzene rings is 1. The van der Waals surface area contributed by atoms with Crippen molar-refractivity contribution in [1.29, 1.82) is 0 Å². The maximum absolute atomic E-state index is 13.5. The first-order valence-electron chi connectivity index (χ1n) is 8.55. The van der Waals surface area contributed by atoms with E-state index in [0.717, 1.165) is 11.1 Å². The second kappa shape index (κ2) is 7.59. The third-order valence-electron chi connectivity index (χ3n) is 4.88. The third kappa shape index (κ3) is 3.56. The van der Waals surface area contributed by atoms with Crippen molar-refractivity contribution in [2.45, 2.75) is 25.8 Å². The number of aromatic nitrogens is 2. The zero-order valence-electron chi connectivity index (χ0n) is 14.8. The molecule has 26 heavy (non-hydrogen) atoms. The fourth-order valence-electron chi connectivity index (χ4n) is 3.53. The Hall–Kier alpha value is -2.83. The molecule has 0 radical (unpaired) electrons. The zero-order chi connectivity index (χ0) is 18.7. The Morgan fingerprint density at radius 3 is 2.65 bits per heavy atom. The summed E-state index contributed by atoms with van der Waals surface area (Å²) in [6, 6.07) is 4.23. The molecule has 1 N–H and O–H groups in total. The first-order chi connectivity index (χ1) is 12.5. The summed E-state index contributed by atoms with van der Waals surface area (Å²) >= 11 is 0. The van der Waals surface area contributed by atoms with E-state index in [1.54, 1.807) is 18.0 Å². The molecule has 1 saturated heterocycles. The molecule has 3 rings (SSSR count). The summed E-state index contributed by atoms with van der Waals surface area (Å²) in [6.45, 7) is 2.25. The largest absolute Gasteiger partial charge is 0.359 e. The number of piperidine rings is 1. The second-order valence-electron chi connectivity index (χ2n) is 6.48. The predicted octanol–water partition coefficient (Wildman–Crippen LogP) is 2.26. The molecule has 0 aliphatic carbocycles. The molecule has 1 aromatic heterocycles. The maximum atomic E-state index is 13.5. The van der Waals surface area contributed by atoms with Gasteiger partial charge in [0, 0.05) is 31.9 Å². The van der Waals surface area contributed by atoms with Gasteiger partial charge in [0.05, 0.1) is 11.6 Å². The lowest BCUT2D eigenvalue weighted by molar-refractivity contribution is -0.126. The number of nitrogens with zero attached hydrogens (tertiary/aromatic N) is 3. The van der Waals surface area contributed by atoms with E-state index in [1.807, 2.05) is 6.92 Å². The quantitative estimate of drug-likeness (QED) is 0.915. The highest BCUT2D eigenvalue weighted by Crippen LogP contribution is 2.36.